The van der Waals surface area contributed by atoms with Crippen LogP contribution < -0.4 is 0 Å². The van der Waals surface area contributed by atoms with Crippen molar-refractivity contribution in [3.05, 3.63) is 0 Å². The molecule has 16 heavy (non-hydrogen) atoms. The largest absolute Gasteiger partial charge is 0.465 e. The molecule has 0 heterocycles. The van der Waals surface area contributed by atoms with Crippen molar-refractivity contribution in [1.29, 1.82) is 0 Å². The molecule has 0 N–H and O–H groups in total. The van der Waals surface area contributed by atoms with E-state index in [0.29, 0.717) is 0 Å². The van der Waals surface area contributed by atoms with Gasteiger partial charge in [-0.25, -0.2) is 0 Å². The third-order valence-corrected chi connectivity index (χ3v) is 1.66. The van der Waals surface area contributed by atoms with Crippen LogP contribution in [0.4, 0.5) is 13.2 Å². The Morgan fingerprint density at radius 2 is 1.75 bits per heavy atom. The molecule has 7 heteroatoms. The van der Waals surface area contributed by atoms with Gasteiger partial charge in [0.15, 0.2) is 0 Å². The van der Waals surface area contributed by atoms with Gasteiger partial charge in [0.05, 0.1) is 13.2 Å². The lowest BCUT2D eigenvalue weighted by molar-refractivity contribution is -0.183. The van der Waals surface area contributed by atoms with Gasteiger partial charge in [-0.15, -0.1) is 0 Å². The summed E-state index contributed by atoms with van der Waals surface area (Å²) < 4.78 is 45.4. The van der Waals surface area contributed by atoms with Gasteiger partial charge in [-0.2, -0.15) is 13.2 Å². The minimum absolute atomic E-state index is 0.0907. The Balaban J connectivity index is 4.66. The fraction of sp³-hybridized carbons (Fsp3) is 0.778. The Labute approximate surface area is 90.7 Å². The van der Waals surface area contributed by atoms with Gasteiger partial charge in [-0.05, 0) is 13.8 Å². The molecule has 0 aromatic carbocycles. The SMILES string of the molecule is CCOCC(C(=O)OCC)C(=O)C(F)(F)F. The van der Waals surface area contributed by atoms with Crippen molar-refractivity contribution in [2.24, 2.45) is 5.92 Å². The minimum Gasteiger partial charge on any atom is -0.465 e. The molecule has 0 saturated carbocycles. The van der Waals surface area contributed by atoms with Crippen LogP contribution in [0, 0.1) is 5.92 Å². The van der Waals surface area contributed by atoms with Gasteiger partial charge < -0.3 is 9.47 Å². The lowest BCUT2D eigenvalue weighted by Crippen LogP contribution is -2.39. The number of rotatable bonds is 6. The summed E-state index contributed by atoms with van der Waals surface area (Å²) in [5.74, 6) is -5.28. The summed E-state index contributed by atoms with van der Waals surface area (Å²) in [6.07, 6.45) is -5.06. The number of ketones is 1. The summed E-state index contributed by atoms with van der Waals surface area (Å²) in [7, 11) is 0. The molecule has 0 fully saturated rings. The average molecular weight is 242 g/mol. The van der Waals surface area contributed by atoms with E-state index in [-0.39, 0.29) is 13.2 Å². The predicted octanol–water partition coefficient (Wildman–Crippen LogP) is 1.33. The number of carbonyl (C=O) groups is 2. The second-order valence-electron chi connectivity index (χ2n) is 2.83. The van der Waals surface area contributed by atoms with Crippen molar-refractivity contribution in [1.82, 2.24) is 0 Å². The van der Waals surface area contributed by atoms with Crippen LogP contribution in [0.5, 0.6) is 0 Å². The molecular formula is C9H13F3O4. The first-order chi connectivity index (χ1) is 7.34. The maximum atomic E-state index is 12.1. The highest BCUT2D eigenvalue weighted by atomic mass is 19.4. The van der Waals surface area contributed by atoms with Crippen molar-refractivity contribution < 1.29 is 32.2 Å². The number of carbonyl (C=O) groups excluding carboxylic acids is 2. The maximum Gasteiger partial charge on any atom is 0.451 e. The van der Waals surface area contributed by atoms with E-state index in [4.69, 9.17) is 0 Å². The third kappa shape index (κ3) is 4.61. The molecule has 0 amide bonds. The van der Waals surface area contributed by atoms with Crippen LogP contribution in [0.1, 0.15) is 13.8 Å². The van der Waals surface area contributed by atoms with E-state index in [1.165, 1.54) is 6.92 Å². The Morgan fingerprint density at radius 3 is 2.12 bits per heavy atom. The van der Waals surface area contributed by atoms with Gasteiger partial charge in [0.1, 0.15) is 5.92 Å². The van der Waals surface area contributed by atoms with E-state index in [1.54, 1.807) is 6.92 Å². The van der Waals surface area contributed by atoms with Crippen LogP contribution in [-0.4, -0.2) is 37.7 Å². The fourth-order valence-corrected chi connectivity index (χ4v) is 0.927. The van der Waals surface area contributed by atoms with Crippen molar-refractivity contribution in [2.45, 2.75) is 20.0 Å². The highest BCUT2D eigenvalue weighted by Crippen LogP contribution is 2.22. The monoisotopic (exact) mass is 242 g/mol. The summed E-state index contributed by atoms with van der Waals surface area (Å²) in [5, 5.41) is 0. The molecule has 0 aromatic rings. The molecule has 0 radical (unpaired) electrons. The van der Waals surface area contributed by atoms with Crippen molar-refractivity contribution in [3.8, 4) is 0 Å². The molecule has 0 bridgehead atoms. The summed E-state index contributed by atoms with van der Waals surface area (Å²) in [6, 6.07) is 0. The first-order valence-electron chi connectivity index (χ1n) is 4.70. The van der Waals surface area contributed by atoms with Crippen LogP contribution in [-0.2, 0) is 19.1 Å². The molecule has 0 aliphatic rings. The van der Waals surface area contributed by atoms with Crippen molar-refractivity contribution in [2.75, 3.05) is 19.8 Å². The lowest BCUT2D eigenvalue weighted by Gasteiger charge is -2.15. The molecule has 0 aliphatic carbocycles. The molecular weight excluding hydrogens is 229 g/mol. The van der Waals surface area contributed by atoms with Gasteiger partial charge in [0, 0.05) is 6.61 Å². The van der Waals surface area contributed by atoms with E-state index in [2.05, 4.69) is 9.47 Å². The van der Waals surface area contributed by atoms with Crippen molar-refractivity contribution in [3.63, 3.8) is 0 Å². The fourth-order valence-electron chi connectivity index (χ4n) is 0.927. The van der Waals surface area contributed by atoms with Crippen LogP contribution in [0.25, 0.3) is 0 Å². The number of hydrogen-bond acceptors (Lipinski definition) is 4. The number of Topliss-reactive ketones (excluding diaryl/α,β-unsaturated/α-hetero) is 1. The number of esters is 1. The normalized spacial score (nSPS) is 13.3. The summed E-state index contributed by atoms with van der Waals surface area (Å²) >= 11 is 0. The zero-order valence-electron chi connectivity index (χ0n) is 8.97. The smallest absolute Gasteiger partial charge is 0.451 e. The molecule has 0 aliphatic heterocycles. The van der Waals surface area contributed by atoms with E-state index in [0.717, 1.165) is 0 Å². The number of ether oxygens (including phenoxy) is 2. The maximum absolute atomic E-state index is 12.1. The number of alkyl halides is 3. The first-order valence-corrected chi connectivity index (χ1v) is 4.70. The predicted molar refractivity (Wildman–Crippen MR) is 47.7 cm³/mol. The second kappa shape index (κ2) is 6.47. The second-order valence-corrected chi connectivity index (χ2v) is 2.83. The molecule has 94 valence electrons. The Morgan fingerprint density at radius 1 is 1.19 bits per heavy atom. The van der Waals surface area contributed by atoms with Crippen LogP contribution in [0.3, 0.4) is 0 Å². The zero-order chi connectivity index (χ0) is 12.8. The minimum atomic E-state index is -5.06. The highest BCUT2D eigenvalue weighted by Gasteiger charge is 2.47. The van der Waals surface area contributed by atoms with Crippen LogP contribution in [0.15, 0.2) is 0 Å². The summed E-state index contributed by atoms with van der Waals surface area (Å²) in [5.41, 5.74) is 0. The van der Waals surface area contributed by atoms with Gasteiger partial charge in [-0.3, -0.25) is 9.59 Å². The first kappa shape index (κ1) is 14.9. The lowest BCUT2D eigenvalue weighted by atomic mass is 10.1. The summed E-state index contributed by atoms with van der Waals surface area (Å²) in [6.45, 7) is 2.38. The Bertz CT molecular complexity index is 250. The molecule has 1 unspecified atom stereocenters. The van der Waals surface area contributed by atoms with Crippen LogP contribution >= 0.6 is 0 Å². The van der Waals surface area contributed by atoms with E-state index in [9.17, 15) is 22.8 Å². The summed E-state index contributed by atoms with van der Waals surface area (Å²) in [4.78, 5) is 22.0. The molecule has 0 spiro atoms. The molecule has 0 rings (SSSR count). The topological polar surface area (TPSA) is 52.6 Å². The zero-order valence-corrected chi connectivity index (χ0v) is 8.97. The quantitative estimate of drug-likeness (QED) is 0.521. The third-order valence-electron chi connectivity index (χ3n) is 1.66. The van der Waals surface area contributed by atoms with Crippen LogP contribution in [0.2, 0.25) is 0 Å². The molecule has 0 saturated heterocycles. The van der Waals surface area contributed by atoms with Gasteiger partial charge >= 0.3 is 12.1 Å². The number of halogens is 3. The molecule has 1 atom stereocenters. The highest BCUT2D eigenvalue weighted by molar-refractivity contribution is 6.02. The standard InChI is InChI=1S/C9H13F3O4/c1-3-15-5-6(8(14)16-4-2)7(13)9(10,11)12/h6H,3-5H2,1-2H3. The van der Waals surface area contributed by atoms with E-state index >= 15 is 0 Å². The molecule has 4 nitrogen and oxygen atoms in total. The van der Waals surface area contributed by atoms with Crippen molar-refractivity contribution >= 4 is 11.8 Å². The Kier molecular flexibility index (Phi) is 6.02. The average Bonchev–Trinajstić information content (AvgIpc) is 2.17. The van der Waals surface area contributed by atoms with Gasteiger partial charge in [0.25, 0.3) is 5.78 Å². The van der Waals surface area contributed by atoms with E-state index < -0.39 is 30.5 Å². The molecule has 0 aromatic heterocycles. The Hall–Kier alpha value is -1.11. The van der Waals surface area contributed by atoms with E-state index in [1.807, 2.05) is 0 Å². The van der Waals surface area contributed by atoms with Gasteiger partial charge in [-0.1, -0.05) is 0 Å². The van der Waals surface area contributed by atoms with Gasteiger partial charge in [0.2, 0.25) is 0 Å². The number of hydrogen-bond donors (Lipinski definition) is 0.